The zero-order valence-electron chi connectivity index (χ0n) is 17.1. The Balaban J connectivity index is 1.69. The van der Waals surface area contributed by atoms with E-state index in [9.17, 15) is 4.79 Å². The van der Waals surface area contributed by atoms with Gasteiger partial charge in [0.25, 0.3) is 0 Å². The van der Waals surface area contributed by atoms with Crippen LogP contribution in [0.2, 0.25) is 0 Å². The van der Waals surface area contributed by atoms with E-state index in [0.717, 1.165) is 71.5 Å². The average Bonchev–Trinajstić information content (AvgIpc) is 3.14. The van der Waals surface area contributed by atoms with Gasteiger partial charge >= 0.3 is 0 Å². The predicted octanol–water partition coefficient (Wildman–Crippen LogP) is 4.98. The summed E-state index contributed by atoms with van der Waals surface area (Å²) in [5, 5.41) is 8.92. The third-order valence-electron chi connectivity index (χ3n) is 5.25. The number of carbonyl (C=O) groups is 1. The van der Waals surface area contributed by atoms with E-state index in [-0.39, 0.29) is 11.8 Å². The number of nitrogens with zero attached hydrogens (tertiary/aromatic N) is 3. The van der Waals surface area contributed by atoms with Crippen molar-refractivity contribution in [3.05, 3.63) is 41.1 Å². The van der Waals surface area contributed by atoms with Crippen molar-refractivity contribution in [1.29, 1.82) is 0 Å². The van der Waals surface area contributed by atoms with Gasteiger partial charge in [-0.1, -0.05) is 44.2 Å². The first-order valence-corrected chi connectivity index (χ1v) is 11.5. The van der Waals surface area contributed by atoms with Crippen LogP contribution in [-0.4, -0.2) is 32.9 Å². The van der Waals surface area contributed by atoms with Crippen LogP contribution in [0.4, 0.5) is 5.95 Å². The second kappa shape index (κ2) is 9.03. The number of ketones is 1. The van der Waals surface area contributed by atoms with Crippen LogP contribution < -0.4 is 10.1 Å². The van der Waals surface area contributed by atoms with Crippen molar-refractivity contribution >= 4 is 23.5 Å². The number of rotatable bonds is 8. The molecule has 0 radical (unpaired) electrons. The monoisotopic (exact) mass is 412 g/mol. The molecule has 1 aromatic heterocycles. The fourth-order valence-electron chi connectivity index (χ4n) is 3.78. The van der Waals surface area contributed by atoms with Crippen LogP contribution in [0.25, 0.3) is 0 Å². The van der Waals surface area contributed by atoms with Crippen LogP contribution in [0.15, 0.2) is 40.7 Å². The average molecular weight is 413 g/mol. The number of aromatic nitrogens is 3. The van der Waals surface area contributed by atoms with Crippen molar-refractivity contribution in [2.45, 2.75) is 63.6 Å². The smallest absolute Gasteiger partial charge is 0.227 e. The summed E-state index contributed by atoms with van der Waals surface area (Å²) in [4.78, 5) is 17.6. The molecule has 1 aliphatic carbocycles. The van der Waals surface area contributed by atoms with Gasteiger partial charge in [-0.15, -0.1) is 5.10 Å². The fourth-order valence-corrected chi connectivity index (χ4v) is 4.69. The Morgan fingerprint density at radius 1 is 1.21 bits per heavy atom. The molecule has 2 heterocycles. The normalized spacial score (nSPS) is 18.3. The van der Waals surface area contributed by atoms with Gasteiger partial charge in [0.05, 0.1) is 6.61 Å². The Bertz CT molecular complexity index is 904. The molecule has 0 bridgehead atoms. The molecule has 1 atom stereocenters. The molecule has 0 saturated heterocycles. The molecule has 0 saturated carbocycles. The minimum absolute atomic E-state index is 0.205. The van der Waals surface area contributed by atoms with Crippen LogP contribution in [-0.2, 0) is 4.79 Å². The molecule has 0 amide bonds. The molecule has 154 valence electrons. The number of hydrogen-bond acceptors (Lipinski definition) is 6. The third kappa shape index (κ3) is 4.20. The number of benzene rings is 1. The van der Waals surface area contributed by atoms with E-state index in [0.29, 0.717) is 13.0 Å². The van der Waals surface area contributed by atoms with Gasteiger partial charge in [0.15, 0.2) is 5.78 Å². The maximum absolute atomic E-state index is 12.9. The highest BCUT2D eigenvalue weighted by atomic mass is 32.2. The summed E-state index contributed by atoms with van der Waals surface area (Å²) < 4.78 is 7.61. The van der Waals surface area contributed by atoms with E-state index in [1.165, 1.54) is 0 Å². The van der Waals surface area contributed by atoms with Gasteiger partial charge in [-0.25, -0.2) is 4.68 Å². The van der Waals surface area contributed by atoms with Crippen LogP contribution in [0.3, 0.4) is 0 Å². The lowest BCUT2D eigenvalue weighted by molar-refractivity contribution is -0.116. The molecule has 2 aliphatic rings. The first kappa shape index (κ1) is 20.0. The van der Waals surface area contributed by atoms with E-state index in [1.807, 2.05) is 28.9 Å². The zero-order chi connectivity index (χ0) is 20.2. The molecule has 0 spiro atoms. The maximum atomic E-state index is 12.9. The summed E-state index contributed by atoms with van der Waals surface area (Å²) in [6, 6.07) is 7.82. The van der Waals surface area contributed by atoms with E-state index in [2.05, 4.69) is 19.2 Å². The Morgan fingerprint density at radius 2 is 2.03 bits per heavy atom. The summed E-state index contributed by atoms with van der Waals surface area (Å²) in [6.45, 7) is 4.97. The summed E-state index contributed by atoms with van der Waals surface area (Å²) in [6.07, 6.45) is 5.61. The molecule has 1 unspecified atom stereocenters. The number of nitrogens with one attached hydrogen (secondary N) is 1. The first-order chi connectivity index (χ1) is 14.2. The standard InChI is InChI=1S/C22H28N4O2S/c1-3-5-14-29-22-24-21-23-17-7-6-8-18(27)19(17)20(26(21)25-22)15-9-11-16(12-10-15)28-13-4-2/h9-12,20H,3-8,13-14H2,1-2H3,(H,23,24,25). The molecule has 1 aromatic carbocycles. The second-order valence-electron chi connectivity index (χ2n) is 7.48. The number of carbonyl (C=O) groups excluding carboxylic acids is 1. The second-order valence-corrected chi connectivity index (χ2v) is 8.54. The quantitative estimate of drug-likeness (QED) is 0.487. The Kier molecular flexibility index (Phi) is 6.23. The Labute approximate surface area is 176 Å². The van der Waals surface area contributed by atoms with Crippen molar-refractivity contribution < 1.29 is 9.53 Å². The molecule has 4 rings (SSSR count). The van der Waals surface area contributed by atoms with Crippen LogP contribution in [0.1, 0.15) is 64.0 Å². The van der Waals surface area contributed by atoms with E-state index in [1.54, 1.807) is 11.8 Å². The summed E-state index contributed by atoms with van der Waals surface area (Å²) >= 11 is 1.67. The lowest BCUT2D eigenvalue weighted by atomic mass is 9.85. The lowest BCUT2D eigenvalue weighted by Gasteiger charge is -2.32. The van der Waals surface area contributed by atoms with Gasteiger partial charge in [0.1, 0.15) is 11.8 Å². The van der Waals surface area contributed by atoms with Gasteiger partial charge in [0, 0.05) is 23.4 Å². The van der Waals surface area contributed by atoms with Crippen LogP contribution in [0.5, 0.6) is 5.75 Å². The maximum Gasteiger partial charge on any atom is 0.227 e. The Morgan fingerprint density at radius 3 is 2.79 bits per heavy atom. The highest BCUT2D eigenvalue weighted by Crippen LogP contribution is 2.40. The molecule has 2 aromatic rings. The molecule has 6 nitrogen and oxygen atoms in total. The number of unbranched alkanes of at least 4 members (excludes halogenated alkanes) is 1. The van der Waals surface area contributed by atoms with Gasteiger partial charge < -0.3 is 10.1 Å². The summed E-state index contributed by atoms with van der Waals surface area (Å²) in [7, 11) is 0. The number of Topliss-reactive ketones (excluding diaryl/α,β-unsaturated/α-hetero) is 1. The van der Waals surface area contributed by atoms with Crippen LogP contribution in [0, 0.1) is 0 Å². The molecule has 1 N–H and O–H groups in total. The van der Waals surface area contributed by atoms with Crippen molar-refractivity contribution in [3.63, 3.8) is 0 Å². The predicted molar refractivity (Wildman–Crippen MR) is 116 cm³/mol. The van der Waals surface area contributed by atoms with Crippen molar-refractivity contribution in [2.24, 2.45) is 0 Å². The number of fused-ring (bicyclic) bond motifs is 1. The lowest BCUT2D eigenvalue weighted by Crippen LogP contribution is -2.31. The van der Waals surface area contributed by atoms with Gasteiger partial charge in [-0.3, -0.25) is 4.79 Å². The first-order valence-electron chi connectivity index (χ1n) is 10.6. The fraction of sp³-hybridized carbons (Fsp3) is 0.500. The molecule has 7 heteroatoms. The number of thioether (sulfide) groups is 1. The SMILES string of the molecule is CCCCSc1nc2n(n1)C(c1ccc(OCCC)cc1)C1=C(CCCC1=O)N2. The molecular formula is C22H28N4O2S. The van der Waals surface area contributed by atoms with Gasteiger partial charge in [0.2, 0.25) is 11.1 Å². The van der Waals surface area contributed by atoms with Crippen molar-refractivity contribution in [3.8, 4) is 5.75 Å². The molecular weight excluding hydrogens is 384 g/mol. The summed E-state index contributed by atoms with van der Waals surface area (Å²) in [5.74, 6) is 2.79. The van der Waals surface area contributed by atoms with Crippen molar-refractivity contribution in [1.82, 2.24) is 14.8 Å². The van der Waals surface area contributed by atoms with Crippen molar-refractivity contribution in [2.75, 3.05) is 17.7 Å². The minimum Gasteiger partial charge on any atom is -0.494 e. The molecule has 0 fully saturated rings. The minimum atomic E-state index is -0.234. The van der Waals surface area contributed by atoms with E-state index in [4.69, 9.17) is 14.8 Å². The third-order valence-corrected chi connectivity index (χ3v) is 6.17. The Hall–Kier alpha value is -2.28. The number of anilines is 1. The molecule has 29 heavy (non-hydrogen) atoms. The van der Waals surface area contributed by atoms with Crippen LogP contribution >= 0.6 is 11.8 Å². The van der Waals surface area contributed by atoms with E-state index < -0.39 is 0 Å². The molecule has 1 aliphatic heterocycles. The largest absolute Gasteiger partial charge is 0.494 e. The number of allylic oxidation sites excluding steroid dienone is 2. The number of ether oxygens (including phenoxy) is 1. The zero-order valence-corrected chi connectivity index (χ0v) is 17.9. The van der Waals surface area contributed by atoms with Gasteiger partial charge in [-0.05, 0) is 43.4 Å². The summed E-state index contributed by atoms with van der Waals surface area (Å²) in [5.41, 5.74) is 2.87. The topological polar surface area (TPSA) is 69.0 Å². The van der Waals surface area contributed by atoms with Gasteiger partial charge in [-0.2, -0.15) is 4.98 Å². The van der Waals surface area contributed by atoms with E-state index >= 15 is 0 Å². The highest BCUT2D eigenvalue weighted by Gasteiger charge is 2.36. The highest BCUT2D eigenvalue weighted by molar-refractivity contribution is 7.99. The number of hydrogen-bond donors (Lipinski definition) is 1.